The van der Waals surface area contributed by atoms with Crippen molar-refractivity contribution in [1.82, 2.24) is 10.1 Å². The summed E-state index contributed by atoms with van der Waals surface area (Å²) in [5.74, 6) is 0.00382. The summed E-state index contributed by atoms with van der Waals surface area (Å²) in [7, 11) is 0. The second-order valence-corrected chi connectivity index (χ2v) is 8.19. The molecule has 0 spiro atoms. The fourth-order valence-corrected chi connectivity index (χ4v) is 4.32. The minimum Gasteiger partial charge on any atom is -0.854 e. The SMILES string of the molecule is CCC(=O)N1c2ccccc2-c2c([O-])nc(SC)n[n+]2C1c1ccc(-c2ccc(F)cc2)o1. The maximum Gasteiger partial charge on any atom is 0.325 e. The number of anilines is 1. The van der Waals surface area contributed by atoms with Crippen molar-refractivity contribution in [3.05, 3.63) is 72.2 Å². The summed E-state index contributed by atoms with van der Waals surface area (Å²) in [4.78, 5) is 18.9. The number of furan rings is 1. The average Bonchev–Trinajstić information content (AvgIpc) is 3.32. The maximum absolute atomic E-state index is 13.4. The van der Waals surface area contributed by atoms with Crippen LogP contribution in [0.2, 0.25) is 0 Å². The van der Waals surface area contributed by atoms with Crippen molar-refractivity contribution < 1.29 is 23.4 Å². The van der Waals surface area contributed by atoms with Crippen LogP contribution >= 0.6 is 11.8 Å². The first-order valence-electron chi connectivity index (χ1n) is 10.3. The Morgan fingerprint density at radius 1 is 1.18 bits per heavy atom. The Morgan fingerprint density at radius 3 is 2.67 bits per heavy atom. The first-order valence-corrected chi connectivity index (χ1v) is 11.6. The summed E-state index contributed by atoms with van der Waals surface area (Å²) in [6, 6.07) is 16.6. The number of thioether (sulfide) groups is 1. The van der Waals surface area contributed by atoms with Crippen LogP contribution in [0.25, 0.3) is 22.6 Å². The number of carbonyl (C=O) groups is 1. The minimum absolute atomic E-state index is 0.151. The van der Waals surface area contributed by atoms with Crippen LogP contribution in [0.4, 0.5) is 10.1 Å². The highest BCUT2D eigenvalue weighted by molar-refractivity contribution is 7.98. The molecule has 5 rings (SSSR count). The summed E-state index contributed by atoms with van der Waals surface area (Å²) < 4.78 is 21.0. The largest absolute Gasteiger partial charge is 0.854 e. The van der Waals surface area contributed by atoms with Gasteiger partial charge in [-0.25, -0.2) is 14.3 Å². The van der Waals surface area contributed by atoms with Crippen molar-refractivity contribution in [2.45, 2.75) is 24.7 Å². The van der Waals surface area contributed by atoms with Gasteiger partial charge in [-0.05, 0) is 59.5 Å². The van der Waals surface area contributed by atoms with E-state index in [1.807, 2.05) is 6.07 Å². The number of amides is 1. The van der Waals surface area contributed by atoms with Gasteiger partial charge in [0.2, 0.25) is 5.91 Å². The first kappa shape index (κ1) is 21.1. The van der Waals surface area contributed by atoms with E-state index in [-0.39, 0.29) is 23.8 Å². The maximum atomic E-state index is 13.4. The van der Waals surface area contributed by atoms with E-state index in [1.54, 1.807) is 60.5 Å². The molecule has 1 unspecified atom stereocenters. The summed E-state index contributed by atoms with van der Waals surface area (Å²) in [6.45, 7) is 1.78. The fourth-order valence-electron chi connectivity index (χ4n) is 3.98. The molecule has 0 saturated heterocycles. The molecule has 0 bridgehead atoms. The van der Waals surface area contributed by atoms with Gasteiger partial charge in [-0.2, -0.15) is 0 Å². The van der Waals surface area contributed by atoms with Crippen LogP contribution < -0.4 is 14.7 Å². The second-order valence-electron chi connectivity index (χ2n) is 7.41. The van der Waals surface area contributed by atoms with Crippen LogP contribution in [0.1, 0.15) is 25.3 Å². The number of nitrogens with zero attached hydrogens (tertiary/aromatic N) is 4. The van der Waals surface area contributed by atoms with Gasteiger partial charge in [0.1, 0.15) is 11.6 Å². The molecule has 0 aliphatic carbocycles. The van der Waals surface area contributed by atoms with Crippen molar-refractivity contribution in [2.75, 3.05) is 11.2 Å². The zero-order chi connectivity index (χ0) is 23.1. The van der Waals surface area contributed by atoms with Crippen molar-refractivity contribution in [1.29, 1.82) is 0 Å². The van der Waals surface area contributed by atoms with E-state index >= 15 is 0 Å². The van der Waals surface area contributed by atoms with E-state index in [4.69, 9.17) is 4.42 Å². The Kier molecular flexibility index (Phi) is 5.33. The topological polar surface area (TPSA) is 86.2 Å². The zero-order valence-electron chi connectivity index (χ0n) is 17.9. The molecule has 4 aromatic rings. The number of para-hydroxylation sites is 1. The molecule has 2 aromatic heterocycles. The lowest BCUT2D eigenvalue weighted by Crippen LogP contribution is -2.59. The van der Waals surface area contributed by atoms with E-state index in [0.29, 0.717) is 33.5 Å². The molecule has 3 heterocycles. The highest BCUT2D eigenvalue weighted by Gasteiger charge is 2.46. The third-order valence-electron chi connectivity index (χ3n) is 5.48. The number of halogens is 1. The summed E-state index contributed by atoms with van der Waals surface area (Å²) >= 11 is 1.24. The van der Waals surface area contributed by atoms with E-state index < -0.39 is 12.0 Å². The number of benzene rings is 2. The molecule has 0 N–H and O–H groups in total. The highest BCUT2D eigenvalue weighted by Crippen LogP contribution is 2.41. The molecule has 0 radical (unpaired) electrons. The number of hydrogen-bond donors (Lipinski definition) is 0. The molecule has 9 heteroatoms. The van der Waals surface area contributed by atoms with Crippen LogP contribution in [-0.4, -0.2) is 22.2 Å². The predicted octanol–water partition coefficient (Wildman–Crippen LogP) is 3.93. The van der Waals surface area contributed by atoms with Gasteiger partial charge in [-0.1, -0.05) is 30.8 Å². The van der Waals surface area contributed by atoms with Gasteiger partial charge < -0.3 is 9.52 Å². The van der Waals surface area contributed by atoms with E-state index in [1.165, 1.54) is 28.6 Å². The van der Waals surface area contributed by atoms with Crippen LogP contribution in [0, 0.1) is 5.82 Å². The van der Waals surface area contributed by atoms with Gasteiger partial charge in [-0.3, -0.25) is 4.79 Å². The predicted molar refractivity (Wildman–Crippen MR) is 119 cm³/mol. The molecule has 0 saturated carbocycles. The second kappa shape index (κ2) is 8.32. The van der Waals surface area contributed by atoms with Gasteiger partial charge in [0.25, 0.3) is 10.9 Å². The lowest BCUT2D eigenvalue weighted by Gasteiger charge is -2.32. The van der Waals surface area contributed by atoms with Gasteiger partial charge >= 0.3 is 6.17 Å². The van der Waals surface area contributed by atoms with Crippen LogP contribution in [0.15, 0.2) is 70.2 Å². The molecule has 1 aliphatic heterocycles. The monoisotopic (exact) mass is 462 g/mol. The van der Waals surface area contributed by atoms with Crippen molar-refractivity contribution in [3.63, 3.8) is 0 Å². The van der Waals surface area contributed by atoms with Gasteiger partial charge in [0.05, 0.1) is 17.1 Å². The minimum atomic E-state index is -0.821. The van der Waals surface area contributed by atoms with Gasteiger partial charge in [-0.15, -0.1) is 0 Å². The van der Waals surface area contributed by atoms with E-state index in [2.05, 4.69) is 10.1 Å². The smallest absolute Gasteiger partial charge is 0.325 e. The molecule has 1 amide bonds. The van der Waals surface area contributed by atoms with Gasteiger partial charge in [0.15, 0.2) is 5.76 Å². The molecule has 1 atom stereocenters. The third kappa shape index (κ3) is 3.54. The molecular formula is C24H19FN4O3S. The van der Waals surface area contributed by atoms with Crippen LogP contribution in [-0.2, 0) is 4.79 Å². The Morgan fingerprint density at radius 2 is 1.94 bits per heavy atom. The lowest BCUT2D eigenvalue weighted by atomic mass is 10.0. The number of aromatic nitrogens is 3. The summed E-state index contributed by atoms with van der Waals surface area (Å²) in [5.41, 5.74) is 2.15. The number of carbonyl (C=O) groups excluding carboxylic acids is 1. The Hall–Kier alpha value is -3.72. The third-order valence-corrected chi connectivity index (χ3v) is 6.02. The summed E-state index contributed by atoms with van der Waals surface area (Å²) in [5, 5.41) is 17.9. The lowest BCUT2D eigenvalue weighted by molar-refractivity contribution is -0.765. The van der Waals surface area contributed by atoms with Crippen molar-refractivity contribution >= 4 is 23.4 Å². The number of rotatable bonds is 4. The highest BCUT2D eigenvalue weighted by atomic mass is 32.2. The standard InChI is InChI=1S/C24H19FN4O3S/c1-3-20(30)28-17-7-5-4-6-16(17)21-22(31)26-24(33-2)27-29(21)23(28)19-13-12-18(32-19)14-8-10-15(25)11-9-14/h4-13,23H,3H2,1-2H3. The van der Waals surface area contributed by atoms with Crippen LogP contribution in [0.5, 0.6) is 5.88 Å². The molecule has 166 valence electrons. The normalized spacial score (nSPS) is 14.6. The Labute approximate surface area is 193 Å². The fraction of sp³-hybridized carbons (Fsp3) is 0.167. The number of fused-ring (bicyclic) bond motifs is 3. The van der Waals surface area contributed by atoms with E-state index in [9.17, 15) is 14.3 Å². The molecule has 2 aromatic carbocycles. The summed E-state index contributed by atoms with van der Waals surface area (Å²) in [6.07, 6.45) is 1.21. The average molecular weight is 463 g/mol. The quantitative estimate of drug-likeness (QED) is 0.337. The van der Waals surface area contributed by atoms with Crippen molar-refractivity contribution in [2.24, 2.45) is 0 Å². The van der Waals surface area contributed by atoms with Crippen molar-refractivity contribution in [3.8, 4) is 28.5 Å². The van der Waals surface area contributed by atoms with E-state index in [0.717, 1.165) is 0 Å². The first-order chi connectivity index (χ1) is 16.0. The Bertz CT molecular complexity index is 1360. The molecule has 7 nitrogen and oxygen atoms in total. The van der Waals surface area contributed by atoms with Crippen LogP contribution in [0.3, 0.4) is 0 Å². The molecule has 33 heavy (non-hydrogen) atoms. The molecule has 1 aliphatic rings. The molecule has 0 fully saturated rings. The molecular weight excluding hydrogens is 443 g/mol. The zero-order valence-corrected chi connectivity index (χ0v) is 18.7. The Balaban J connectivity index is 1.74. The number of hydrogen-bond acceptors (Lipinski definition) is 6. The van der Waals surface area contributed by atoms with Gasteiger partial charge in [0, 0.05) is 17.1 Å².